The van der Waals surface area contributed by atoms with Crippen molar-refractivity contribution in [2.45, 2.75) is 61.5 Å². The van der Waals surface area contributed by atoms with Gasteiger partial charge in [0.15, 0.2) is 15.7 Å². The zero-order valence-corrected chi connectivity index (χ0v) is 16.7. The van der Waals surface area contributed by atoms with E-state index in [9.17, 15) is 13.2 Å². The predicted octanol–water partition coefficient (Wildman–Crippen LogP) is 2.40. The molecular formula is C19H23N5O4S. The van der Waals surface area contributed by atoms with Crippen LogP contribution in [0.15, 0.2) is 23.2 Å². The molecule has 3 N–H and O–H groups in total. The summed E-state index contributed by atoms with van der Waals surface area (Å²) in [6.45, 7) is 0. The number of sulfone groups is 1. The Labute approximate surface area is 168 Å². The fourth-order valence-electron chi connectivity index (χ4n) is 4.10. The van der Waals surface area contributed by atoms with E-state index in [4.69, 9.17) is 4.74 Å². The number of ether oxygens (including phenoxy) is 1. The van der Waals surface area contributed by atoms with E-state index in [1.165, 1.54) is 6.20 Å². The lowest BCUT2D eigenvalue weighted by Gasteiger charge is -2.12. The van der Waals surface area contributed by atoms with Gasteiger partial charge in [-0.25, -0.2) is 18.2 Å². The van der Waals surface area contributed by atoms with Gasteiger partial charge in [0, 0.05) is 35.5 Å². The van der Waals surface area contributed by atoms with E-state index >= 15 is 0 Å². The van der Waals surface area contributed by atoms with Crippen LogP contribution in [0.2, 0.25) is 0 Å². The second kappa shape index (κ2) is 7.01. The number of hydrogen-bond donors (Lipinski definition) is 3. The maximum atomic E-state index is 12.1. The number of fused-ring (bicyclic) bond motifs is 1. The number of aromatic nitrogens is 3. The molecule has 2 aliphatic carbocycles. The fraction of sp³-hybridized carbons (Fsp3) is 0.526. The second-order valence-electron chi connectivity index (χ2n) is 7.99. The van der Waals surface area contributed by atoms with Crippen LogP contribution in [0.5, 0.6) is 0 Å². The van der Waals surface area contributed by atoms with Crippen LogP contribution < -0.4 is 10.6 Å². The van der Waals surface area contributed by atoms with E-state index in [1.807, 2.05) is 6.07 Å². The number of carbonyl (C=O) groups excluding carboxylic acids is 1. The molecule has 0 unspecified atom stereocenters. The first-order chi connectivity index (χ1) is 14.0. The topological polar surface area (TPSA) is 126 Å². The fourth-order valence-corrected chi connectivity index (χ4v) is 5.64. The molecule has 154 valence electrons. The van der Waals surface area contributed by atoms with Crippen LogP contribution in [0.25, 0.3) is 0 Å². The summed E-state index contributed by atoms with van der Waals surface area (Å²) in [6.07, 6.45) is 6.15. The molecule has 2 fully saturated rings. The molecule has 3 heterocycles. The van der Waals surface area contributed by atoms with Gasteiger partial charge < -0.3 is 15.4 Å². The quantitative estimate of drug-likeness (QED) is 0.682. The monoisotopic (exact) mass is 417 g/mol. The zero-order valence-electron chi connectivity index (χ0n) is 15.8. The Morgan fingerprint density at radius 1 is 1.24 bits per heavy atom. The maximum absolute atomic E-state index is 12.1. The van der Waals surface area contributed by atoms with Gasteiger partial charge in [-0.15, -0.1) is 0 Å². The third-order valence-corrected chi connectivity index (χ3v) is 7.60. The average molecular weight is 417 g/mol. The van der Waals surface area contributed by atoms with Gasteiger partial charge in [0.25, 0.3) is 0 Å². The van der Waals surface area contributed by atoms with Gasteiger partial charge in [-0.05, 0) is 44.6 Å². The summed E-state index contributed by atoms with van der Waals surface area (Å²) in [5.41, 5.74) is 1.69. The lowest BCUT2D eigenvalue weighted by Crippen LogP contribution is -2.29. The number of amides is 1. The first kappa shape index (κ1) is 18.4. The smallest absolute Gasteiger partial charge is 0.407 e. The zero-order chi connectivity index (χ0) is 20.0. The summed E-state index contributed by atoms with van der Waals surface area (Å²) >= 11 is 0. The van der Waals surface area contributed by atoms with Crippen LogP contribution in [-0.2, 0) is 21.0 Å². The Bertz CT molecular complexity index is 1050. The van der Waals surface area contributed by atoms with Crippen molar-refractivity contribution >= 4 is 27.6 Å². The van der Waals surface area contributed by atoms with Crippen molar-refractivity contribution in [3.63, 3.8) is 0 Å². The van der Waals surface area contributed by atoms with E-state index in [1.54, 1.807) is 6.07 Å². The average Bonchev–Trinajstić information content (AvgIpc) is 3.05. The lowest BCUT2D eigenvalue weighted by molar-refractivity contribution is 0.0997. The highest BCUT2D eigenvalue weighted by atomic mass is 32.2. The molecule has 2 aromatic heterocycles. The van der Waals surface area contributed by atoms with Crippen molar-refractivity contribution < 1.29 is 17.9 Å². The molecule has 0 bridgehead atoms. The third kappa shape index (κ3) is 3.81. The maximum Gasteiger partial charge on any atom is 0.407 e. The van der Waals surface area contributed by atoms with Crippen LogP contribution in [0.3, 0.4) is 0 Å². The summed E-state index contributed by atoms with van der Waals surface area (Å²) in [5, 5.41) is 13.4. The Morgan fingerprint density at radius 3 is 2.93 bits per heavy atom. The van der Waals surface area contributed by atoms with Gasteiger partial charge in [0.05, 0.1) is 10.6 Å². The molecule has 1 aliphatic heterocycles. The Kier molecular flexibility index (Phi) is 4.45. The lowest BCUT2D eigenvalue weighted by atomic mass is 10.0. The molecule has 2 aromatic rings. The van der Waals surface area contributed by atoms with E-state index in [-0.39, 0.29) is 23.9 Å². The Balaban J connectivity index is 1.23. The molecule has 5 rings (SSSR count). The van der Waals surface area contributed by atoms with E-state index in [2.05, 4.69) is 25.8 Å². The highest BCUT2D eigenvalue weighted by Crippen LogP contribution is 2.37. The van der Waals surface area contributed by atoms with Crippen LogP contribution in [0.4, 0.5) is 16.4 Å². The summed E-state index contributed by atoms with van der Waals surface area (Å²) in [5.74, 6) is 1.49. The molecule has 29 heavy (non-hydrogen) atoms. The Hall–Kier alpha value is -2.62. The molecule has 10 heteroatoms. The van der Waals surface area contributed by atoms with Crippen LogP contribution >= 0.6 is 0 Å². The van der Waals surface area contributed by atoms with Crippen molar-refractivity contribution in [3.8, 4) is 0 Å². The minimum atomic E-state index is -3.20. The van der Waals surface area contributed by atoms with Crippen molar-refractivity contribution in [1.82, 2.24) is 20.5 Å². The van der Waals surface area contributed by atoms with E-state index < -0.39 is 9.84 Å². The highest BCUT2D eigenvalue weighted by Gasteiger charge is 2.32. The molecule has 9 nitrogen and oxygen atoms in total. The van der Waals surface area contributed by atoms with E-state index in [0.29, 0.717) is 34.6 Å². The number of hydrogen-bond acceptors (Lipinski definition) is 7. The number of alkyl carbamates (subject to hydrolysis) is 1. The van der Waals surface area contributed by atoms with Crippen molar-refractivity contribution in [2.24, 2.45) is 0 Å². The van der Waals surface area contributed by atoms with Gasteiger partial charge in [-0.3, -0.25) is 5.10 Å². The number of pyridine rings is 1. The molecular weight excluding hydrogens is 394 g/mol. The molecule has 0 spiro atoms. The summed E-state index contributed by atoms with van der Waals surface area (Å²) in [6, 6.07) is 3.77. The molecule has 3 aliphatic rings. The van der Waals surface area contributed by atoms with Crippen LogP contribution in [0.1, 0.15) is 49.3 Å². The summed E-state index contributed by atoms with van der Waals surface area (Å²) < 4.78 is 29.7. The standard InChI is InChI=1S/C19H23N5O4S/c25-19(21-12-2-3-12)28-13-4-1-11(9-13)15-10-17(24-23-15)22-18-14-6-8-29(26,27)16(14)5-7-20-18/h5,7,10-13H,1-4,6,8-9H2,(H,21,25)(H2,20,22,23,24)/t11-,13+/m0/s1. The number of aromatic amines is 1. The minimum Gasteiger partial charge on any atom is -0.446 e. The van der Waals surface area contributed by atoms with Gasteiger partial charge >= 0.3 is 6.09 Å². The van der Waals surface area contributed by atoms with Gasteiger partial charge in [-0.1, -0.05) is 0 Å². The number of H-pyrrole nitrogens is 1. The SMILES string of the molecule is O=C(NC1CC1)O[C@@H]1CC[C@H](c2cc(Nc3nccc4c3CCS4(=O)=O)n[nH]2)C1. The number of nitrogens with one attached hydrogen (secondary N) is 3. The van der Waals surface area contributed by atoms with Crippen LogP contribution in [-0.4, -0.2) is 47.6 Å². The largest absolute Gasteiger partial charge is 0.446 e. The van der Waals surface area contributed by atoms with Gasteiger partial charge in [-0.2, -0.15) is 5.10 Å². The number of rotatable bonds is 5. The molecule has 2 atom stereocenters. The third-order valence-electron chi connectivity index (χ3n) is 5.81. The first-order valence-corrected chi connectivity index (χ1v) is 11.6. The van der Waals surface area contributed by atoms with Gasteiger partial charge in [0.2, 0.25) is 0 Å². The number of nitrogens with zero attached hydrogens (tertiary/aromatic N) is 2. The molecule has 2 saturated carbocycles. The highest BCUT2D eigenvalue weighted by molar-refractivity contribution is 7.91. The summed E-state index contributed by atoms with van der Waals surface area (Å²) in [4.78, 5) is 16.5. The van der Waals surface area contributed by atoms with E-state index in [0.717, 1.165) is 37.8 Å². The molecule has 1 amide bonds. The minimum absolute atomic E-state index is 0.0808. The Morgan fingerprint density at radius 2 is 2.10 bits per heavy atom. The second-order valence-corrected chi connectivity index (χ2v) is 10.1. The molecule has 0 aromatic carbocycles. The summed E-state index contributed by atoms with van der Waals surface area (Å²) in [7, 11) is -3.20. The predicted molar refractivity (Wildman–Crippen MR) is 105 cm³/mol. The van der Waals surface area contributed by atoms with Gasteiger partial charge in [0.1, 0.15) is 11.9 Å². The number of carbonyl (C=O) groups is 1. The normalized spacial score (nSPS) is 24.8. The first-order valence-electron chi connectivity index (χ1n) is 9.98. The van der Waals surface area contributed by atoms with Crippen molar-refractivity contribution in [2.75, 3.05) is 11.1 Å². The van der Waals surface area contributed by atoms with Crippen molar-refractivity contribution in [1.29, 1.82) is 0 Å². The van der Waals surface area contributed by atoms with Crippen LogP contribution in [0, 0.1) is 0 Å². The number of anilines is 2. The molecule has 0 radical (unpaired) electrons. The molecule has 0 saturated heterocycles. The van der Waals surface area contributed by atoms with Crippen molar-refractivity contribution in [3.05, 3.63) is 29.6 Å².